The van der Waals surface area contributed by atoms with Gasteiger partial charge >= 0.3 is 0 Å². The fourth-order valence-corrected chi connectivity index (χ4v) is 2.64. The van der Waals surface area contributed by atoms with Gasteiger partial charge in [-0.1, -0.05) is 24.3 Å². The van der Waals surface area contributed by atoms with Crippen molar-refractivity contribution in [2.75, 3.05) is 12.0 Å². The Morgan fingerprint density at radius 2 is 2.00 bits per heavy atom. The molecule has 0 unspecified atom stereocenters. The lowest BCUT2D eigenvalue weighted by Gasteiger charge is -2.20. The van der Waals surface area contributed by atoms with Crippen LogP contribution in [0.25, 0.3) is 0 Å². The Kier molecular flexibility index (Phi) is 3.83. The molecule has 3 N–H and O–H groups in total. The van der Waals surface area contributed by atoms with Crippen LogP contribution in [0.5, 0.6) is 0 Å². The highest BCUT2D eigenvalue weighted by Crippen LogP contribution is 2.19. The Labute approximate surface area is 123 Å². The number of hydrogen-bond donors (Lipinski definition) is 2. The largest absolute Gasteiger partial charge is 0.333 e. The topological polar surface area (TPSA) is 71.2 Å². The molecule has 0 saturated carbocycles. The van der Waals surface area contributed by atoms with Crippen molar-refractivity contribution in [3.63, 3.8) is 0 Å². The van der Waals surface area contributed by atoms with Gasteiger partial charge in [0.25, 0.3) is 5.91 Å². The average molecular weight is 282 g/mol. The van der Waals surface area contributed by atoms with Gasteiger partial charge in [0.1, 0.15) is 5.69 Å². The van der Waals surface area contributed by atoms with E-state index < -0.39 is 0 Å². The van der Waals surface area contributed by atoms with E-state index in [1.807, 2.05) is 11.0 Å². The monoisotopic (exact) mass is 282 g/mol. The second-order valence-electron chi connectivity index (χ2n) is 5.18. The average Bonchev–Trinajstić information content (AvgIpc) is 2.76. The number of rotatable bonds is 2. The molecule has 1 amide bonds. The molecular weight excluding hydrogens is 264 g/mol. The first-order valence-electron chi connectivity index (χ1n) is 7.06. The van der Waals surface area contributed by atoms with Crippen LogP contribution in [0.3, 0.4) is 0 Å². The SMILES string of the molecule is NNc1ccc(C(=O)N2CCCc3ccccc3C2)nc1. The van der Waals surface area contributed by atoms with E-state index in [2.05, 4.69) is 28.6 Å². The van der Waals surface area contributed by atoms with Crippen molar-refractivity contribution in [2.45, 2.75) is 19.4 Å². The molecule has 1 aliphatic heterocycles. The highest BCUT2D eigenvalue weighted by molar-refractivity contribution is 5.92. The van der Waals surface area contributed by atoms with Gasteiger partial charge in [0, 0.05) is 13.1 Å². The summed E-state index contributed by atoms with van der Waals surface area (Å²) in [6.07, 6.45) is 3.56. The molecule has 2 aromatic rings. The van der Waals surface area contributed by atoms with Crippen molar-refractivity contribution in [1.82, 2.24) is 9.88 Å². The summed E-state index contributed by atoms with van der Waals surface area (Å²) in [6, 6.07) is 11.8. The first-order chi connectivity index (χ1) is 10.3. The molecule has 5 nitrogen and oxygen atoms in total. The Morgan fingerprint density at radius 3 is 2.71 bits per heavy atom. The van der Waals surface area contributed by atoms with E-state index in [1.165, 1.54) is 11.1 Å². The summed E-state index contributed by atoms with van der Waals surface area (Å²) in [5.41, 5.74) is 6.21. The molecule has 0 aliphatic carbocycles. The van der Waals surface area contributed by atoms with E-state index in [4.69, 9.17) is 5.84 Å². The molecule has 1 aliphatic rings. The van der Waals surface area contributed by atoms with E-state index in [9.17, 15) is 4.79 Å². The van der Waals surface area contributed by atoms with Crippen molar-refractivity contribution in [3.05, 3.63) is 59.4 Å². The lowest BCUT2D eigenvalue weighted by Crippen LogP contribution is -2.31. The van der Waals surface area contributed by atoms with Crippen LogP contribution in [0, 0.1) is 0 Å². The maximum Gasteiger partial charge on any atom is 0.272 e. The van der Waals surface area contributed by atoms with Gasteiger partial charge < -0.3 is 10.3 Å². The van der Waals surface area contributed by atoms with Gasteiger partial charge in [-0.15, -0.1) is 0 Å². The number of carbonyl (C=O) groups excluding carboxylic acids is 1. The molecule has 0 saturated heterocycles. The number of nitrogen functional groups attached to an aromatic ring is 1. The maximum atomic E-state index is 12.6. The maximum absolute atomic E-state index is 12.6. The number of aryl methyl sites for hydroxylation is 1. The van der Waals surface area contributed by atoms with Gasteiger partial charge in [-0.25, -0.2) is 4.98 Å². The number of benzene rings is 1. The van der Waals surface area contributed by atoms with Gasteiger partial charge in [-0.3, -0.25) is 10.6 Å². The third kappa shape index (κ3) is 2.87. The number of hydrazine groups is 1. The van der Waals surface area contributed by atoms with Crippen LogP contribution in [-0.4, -0.2) is 22.3 Å². The van der Waals surface area contributed by atoms with Crippen LogP contribution in [0.4, 0.5) is 5.69 Å². The molecule has 108 valence electrons. The number of hydrogen-bond acceptors (Lipinski definition) is 4. The van der Waals surface area contributed by atoms with Crippen LogP contribution in [-0.2, 0) is 13.0 Å². The lowest BCUT2D eigenvalue weighted by atomic mass is 10.0. The summed E-state index contributed by atoms with van der Waals surface area (Å²) in [6.45, 7) is 1.40. The Hall–Kier alpha value is -2.40. The molecule has 0 radical (unpaired) electrons. The zero-order valence-electron chi connectivity index (χ0n) is 11.7. The van der Waals surface area contributed by atoms with Crippen molar-refractivity contribution in [2.24, 2.45) is 5.84 Å². The lowest BCUT2D eigenvalue weighted by molar-refractivity contribution is 0.0740. The highest BCUT2D eigenvalue weighted by atomic mass is 16.2. The predicted molar refractivity (Wildman–Crippen MR) is 81.6 cm³/mol. The van der Waals surface area contributed by atoms with E-state index in [-0.39, 0.29) is 5.91 Å². The van der Waals surface area contributed by atoms with E-state index in [0.717, 1.165) is 19.4 Å². The number of amides is 1. The number of fused-ring (bicyclic) bond motifs is 1. The van der Waals surface area contributed by atoms with Crippen molar-refractivity contribution in [1.29, 1.82) is 0 Å². The summed E-state index contributed by atoms with van der Waals surface area (Å²) in [5.74, 6) is 5.28. The summed E-state index contributed by atoms with van der Waals surface area (Å²) in [4.78, 5) is 18.6. The van der Waals surface area contributed by atoms with Gasteiger partial charge in [-0.2, -0.15) is 0 Å². The summed E-state index contributed by atoms with van der Waals surface area (Å²) < 4.78 is 0. The molecule has 0 atom stereocenters. The molecule has 0 fully saturated rings. The Balaban J connectivity index is 1.81. The first-order valence-corrected chi connectivity index (χ1v) is 7.06. The second-order valence-corrected chi connectivity index (χ2v) is 5.18. The molecule has 1 aromatic heterocycles. The smallest absolute Gasteiger partial charge is 0.272 e. The molecule has 5 heteroatoms. The zero-order valence-corrected chi connectivity index (χ0v) is 11.7. The fourth-order valence-electron chi connectivity index (χ4n) is 2.64. The predicted octanol–water partition coefficient (Wildman–Crippen LogP) is 1.96. The van der Waals surface area contributed by atoms with Gasteiger partial charge in [-0.05, 0) is 36.1 Å². The van der Waals surface area contributed by atoms with Crippen molar-refractivity contribution >= 4 is 11.6 Å². The number of aromatic nitrogens is 1. The standard InChI is InChI=1S/C16H18N4O/c17-19-14-7-8-15(18-10-14)16(21)20-9-3-6-12-4-1-2-5-13(12)11-20/h1-2,4-5,7-8,10,19H,3,6,9,11,17H2. The summed E-state index contributed by atoms with van der Waals surface area (Å²) >= 11 is 0. The zero-order chi connectivity index (χ0) is 14.7. The van der Waals surface area contributed by atoms with Crippen molar-refractivity contribution < 1.29 is 4.79 Å². The normalized spacial score (nSPS) is 14.2. The molecular formula is C16H18N4O. The van der Waals surface area contributed by atoms with Gasteiger partial charge in [0.15, 0.2) is 0 Å². The molecule has 0 spiro atoms. The number of carbonyl (C=O) groups is 1. The van der Waals surface area contributed by atoms with Crippen LogP contribution < -0.4 is 11.3 Å². The number of nitrogens with zero attached hydrogens (tertiary/aromatic N) is 2. The van der Waals surface area contributed by atoms with E-state index in [1.54, 1.807) is 18.3 Å². The minimum atomic E-state index is -0.0322. The fraction of sp³-hybridized carbons (Fsp3) is 0.250. The van der Waals surface area contributed by atoms with Crippen LogP contribution in [0.2, 0.25) is 0 Å². The summed E-state index contributed by atoms with van der Waals surface area (Å²) in [5, 5.41) is 0. The first kappa shape index (κ1) is 13.6. The number of nitrogens with one attached hydrogen (secondary N) is 1. The molecule has 2 heterocycles. The van der Waals surface area contributed by atoms with Gasteiger partial charge in [0.05, 0.1) is 11.9 Å². The van der Waals surface area contributed by atoms with Gasteiger partial charge in [0.2, 0.25) is 0 Å². The quantitative estimate of drug-likeness (QED) is 0.652. The Bertz CT molecular complexity index is 639. The second kappa shape index (κ2) is 5.93. The Morgan fingerprint density at radius 1 is 1.19 bits per heavy atom. The molecule has 21 heavy (non-hydrogen) atoms. The van der Waals surface area contributed by atoms with Crippen molar-refractivity contribution in [3.8, 4) is 0 Å². The number of anilines is 1. The van der Waals surface area contributed by atoms with Crippen LogP contribution >= 0.6 is 0 Å². The molecule has 3 rings (SSSR count). The molecule has 1 aromatic carbocycles. The third-order valence-electron chi connectivity index (χ3n) is 3.79. The minimum Gasteiger partial charge on any atom is -0.333 e. The number of nitrogens with two attached hydrogens (primary N) is 1. The summed E-state index contributed by atoms with van der Waals surface area (Å²) in [7, 11) is 0. The van der Waals surface area contributed by atoms with E-state index in [0.29, 0.717) is 17.9 Å². The minimum absolute atomic E-state index is 0.0322. The van der Waals surface area contributed by atoms with Crippen LogP contribution in [0.1, 0.15) is 28.0 Å². The highest BCUT2D eigenvalue weighted by Gasteiger charge is 2.20. The van der Waals surface area contributed by atoms with Crippen LogP contribution in [0.15, 0.2) is 42.6 Å². The molecule has 0 bridgehead atoms. The number of pyridine rings is 1. The van der Waals surface area contributed by atoms with E-state index >= 15 is 0 Å². The third-order valence-corrected chi connectivity index (χ3v) is 3.79.